The first-order valence-electron chi connectivity index (χ1n) is 13.3. The fourth-order valence-corrected chi connectivity index (χ4v) is 6.23. The van der Waals surface area contributed by atoms with E-state index in [1.54, 1.807) is 12.1 Å². The monoisotopic (exact) mass is 565 g/mol. The van der Waals surface area contributed by atoms with E-state index in [-0.39, 0.29) is 29.4 Å². The van der Waals surface area contributed by atoms with Gasteiger partial charge in [0.1, 0.15) is 0 Å². The molecule has 0 radical (unpaired) electrons. The van der Waals surface area contributed by atoms with Crippen molar-refractivity contribution in [2.45, 2.75) is 69.6 Å². The molecule has 0 bridgehead atoms. The van der Waals surface area contributed by atoms with Crippen LogP contribution in [0.3, 0.4) is 0 Å². The van der Waals surface area contributed by atoms with Crippen LogP contribution < -0.4 is 5.32 Å². The molecule has 1 saturated carbocycles. The van der Waals surface area contributed by atoms with E-state index in [1.807, 2.05) is 19.1 Å². The zero-order chi connectivity index (χ0) is 28.4. The molecule has 7 nitrogen and oxygen atoms in total. The molecule has 4 rings (SSSR count). The van der Waals surface area contributed by atoms with E-state index in [2.05, 4.69) is 14.9 Å². The maximum Gasteiger partial charge on any atom is 0.391 e. The van der Waals surface area contributed by atoms with Crippen LogP contribution in [0.1, 0.15) is 67.3 Å². The van der Waals surface area contributed by atoms with Crippen LogP contribution in [0.2, 0.25) is 0 Å². The lowest BCUT2D eigenvalue weighted by Gasteiger charge is -2.30. The highest BCUT2D eigenvalue weighted by atomic mass is 32.2. The number of aryl methyl sites for hydroxylation is 1. The third-order valence-corrected chi connectivity index (χ3v) is 9.44. The molecule has 1 aromatic carbocycles. The van der Waals surface area contributed by atoms with Crippen molar-refractivity contribution in [3.8, 4) is 0 Å². The molecule has 2 aromatic heterocycles. The molecule has 2 heterocycles. The Morgan fingerprint density at radius 2 is 1.85 bits per heavy atom. The first-order chi connectivity index (χ1) is 18.5. The average Bonchev–Trinajstić information content (AvgIpc) is 3.27. The third kappa shape index (κ3) is 6.46. The zero-order valence-corrected chi connectivity index (χ0v) is 22.9. The Labute approximate surface area is 226 Å². The molecule has 0 saturated heterocycles. The lowest BCUT2D eigenvalue weighted by atomic mass is 9.79. The summed E-state index contributed by atoms with van der Waals surface area (Å²) in [4.78, 5) is 17.3. The quantitative estimate of drug-likeness (QED) is 0.370. The number of carbonyl (C=O) groups excluding carboxylic acids is 1. The highest BCUT2D eigenvalue weighted by Crippen LogP contribution is 2.40. The van der Waals surface area contributed by atoms with Gasteiger partial charge in [-0.05, 0) is 81.3 Å². The molecule has 3 aromatic rings. The van der Waals surface area contributed by atoms with Gasteiger partial charge >= 0.3 is 6.18 Å². The smallest absolute Gasteiger partial charge is 0.391 e. The number of nitrogens with one attached hydrogen (secondary N) is 1. The zero-order valence-electron chi connectivity index (χ0n) is 22.0. The van der Waals surface area contributed by atoms with Gasteiger partial charge in [0.2, 0.25) is 0 Å². The number of aliphatic hydroxyl groups excluding tert-OH is 1. The van der Waals surface area contributed by atoms with Crippen LogP contribution in [-0.4, -0.2) is 47.5 Å². The van der Waals surface area contributed by atoms with E-state index in [0.717, 1.165) is 16.6 Å². The van der Waals surface area contributed by atoms with Gasteiger partial charge in [-0.3, -0.25) is 9.78 Å². The van der Waals surface area contributed by atoms with Gasteiger partial charge in [-0.15, -0.1) is 0 Å². The van der Waals surface area contributed by atoms with E-state index in [9.17, 15) is 31.5 Å². The second kappa shape index (κ2) is 11.7. The molecule has 11 heteroatoms. The fourth-order valence-electron chi connectivity index (χ4n) is 5.40. The van der Waals surface area contributed by atoms with Crippen LogP contribution in [0, 0.1) is 11.8 Å². The molecule has 1 amide bonds. The summed E-state index contributed by atoms with van der Waals surface area (Å²) in [6, 6.07) is 9.38. The SMILES string of the molecule is CCn1c(CC2CCC(C(F)(F)F)CC2)cc2cc(C(=O)N[C@H](CO)c3ccc(S(=O)(=O)CC)cn3)ccc21. The van der Waals surface area contributed by atoms with E-state index in [0.29, 0.717) is 37.1 Å². The number of rotatable bonds is 9. The summed E-state index contributed by atoms with van der Waals surface area (Å²) >= 11 is 0. The van der Waals surface area contributed by atoms with Gasteiger partial charge < -0.3 is 15.0 Å². The molecule has 2 N–H and O–H groups in total. The minimum Gasteiger partial charge on any atom is -0.394 e. The predicted octanol–water partition coefficient (Wildman–Crippen LogP) is 5.22. The predicted molar refractivity (Wildman–Crippen MR) is 142 cm³/mol. The van der Waals surface area contributed by atoms with Crippen molar-refractivity contribution in [3.63, 3.8) is 0 Å². The van der Waals surface area contributed by atoms with Gasteiger partial charge in [-0.2, -0.15) is 13.2 Å². The Bertz CT molecular complexity index is 1410. The van der Waals surface area contributed by atoms with Crippen molar-refractivity contribution in [3.05, 3.63) is 59.5 Å². The Kier molecular flexibility index (Phi) is 8.70. The number of amides is 1. The van der Waals surface area contributed by atoms with Gasteiger partial charge in [0.05, 0.1) is 34.9 Å². The Morgan fingerprint density at radius 3 is 2.41 bits per heavy atom. The Balaban J connectivity index is 1.48. The van der Waals surface area contributed by atoms with Crippen molar-refractivity contribution in [2.75, 3.05) is 12.4 Å². The second-order valence-electron chi connectivity index (χ2n) is 10.1. The molecule has 0 spiro atoms. The summed E-state index contributed by atoms with van der Waals surface area (Å²) in [5.74, 6) is -1.49. The van der Waals surface area contributed by atoms with Crippen LogP contribution in [0.4, 0.5) is 13.2 Å². The van der Waals surface area contributed by atoms with Gasteiger partial charge in [0, 0.05) is 34.9 Å². The van der Waals surface area contributed by atoms with Crippen LogP contribution in [-0.2, 0) is 22.8 Å². The first-order valence-corrected chi connectivity index (χ1v) is 14.9. The summed E-state index contributed by atoms with van der Waals surface area (Å²) in [6.45, 7) is 3.83. The number of alkyl halides is 3. The van der Waals surface area contributed by atoms with Crippen molar-refractivity contribution in [2.24, 2.45) is 11.8 Å². The second-order valence-corrected chi connectivity index (χ2v) is 12.4. The molecular formula is C28H34F3N3O4S. The normalized spacial score (nSPS) is 19.2. The van der Waals surface area contributed by atoms with Crippen molar-refractivity contribution in [1.29, 1.82) is 0 Å². The number of hydrogen-bond acceptors (Lipinski definition) is 5. The number of hydrogen-bond donors (Lipinski definition) is 2. The molecule has 1 fully saturated rings. The first kappa shape index (κ1) is 29.1. The minimum atomic E-state index is -4.12. The molecule has 39 heavy (non-hydrogen) atoms. The molecule has 1 atom stereocenters. The number of aliphatic hydroxyl groups is 1. The number of pyridine rings is 1. The topological polar surface area (TPSA) is 101 Å². The summed E-state index contributed by atoms with van der Waals surface area (Å²) in [6.07, 6.45) is -0.775. The molecule has 1 aliphatic rings. The van der Waals surface area contributed by atoms with E-state index in [4.69, 9.17) is 0 Å². The number of halogens is 3. The molecular weight excluding hydrogens is 531 g/mol. The maximum atomic E-state index is 13.1. The van der Waals surface area contributed by atoms with Crippen molar-refractivity contribution >= 4 is 26.6 Å². The number of nitrogens with zero attached hydrogens (tertiary/aromatic N) is 2. The van der Waals surface area contributed by atoms with Crippen LogP contribution >= 0.6 is 0 Å². The van der Waals surface area contributed by atoms with Crippen molar-refractivity contribution < 1.29 is 31.5 Å². The summed E-state index contributed by atoms with van der Waals surface area (Å²) in [5, 5.41) is 13.5. The number of carbonyl (C=O) groups is 1. The number of benzene rings is 1. The van der Waals surface area contributed by atoms with Gasteiger partial charge in [0.25, 0.3) is 5.91 Å². The van der Waals surface area contributed by atoms with Gasteiger partial charge in [-0.25, -0.2) is 8.42 Å². The number of aromatic nitrogens is 2. The average molecular weight is 566 g/mol. The van der Waals surface area contributed by atoms with E-state index < -0.39 is 40.5 Å². The summed E-state index contributed by atoms with van der Waals surface area (Å²) < 4.78 is 65.3. The third-order valence-electron chi connectivity index (χ3n) is 7.72. The summed E-state index contributed by atoms with van der Waals surface area (Å²) in [5.41, 5.74) is 2.71. The highest BCUT2D eigenvalue weighted by molar-refractivity contribution is 7.91. The lowest BCUT2D eigenvalue weighted by molar-refractivity contribution is -0.183. The van der Waals surface area contributed by atoms with E-state index in [1.165, 1.54) is 25.3 Å². The maximum absolute atomic E-state index is 13.1. The Hall–Kier alpha value is -2.92. The van der Waals surface area contributed by atoms with Gasteiger partial charge in [-0.1, -0.05) is 6.92 Å². The van der Waals surface area contributed by atoms with E-state index >= 15 is 0 Å². The Morgan fingerprint density at radius 1 is 1.13 bits per heavy atom. The molecule has 1 aliphatic carbocycles. The number of sulfone groups is 1. The fraction of sp³-hybridized carbons (Fsp3) is 0.500. The number of fused-ring (bicyclic) bond motifs is 1. The highest BCUT2D eigenvalue weighted by Gasteiger charge is 2.41. The molecule has 0 unspecified atom stereocenters. The molecule has 212 valence electrons. The minimum absolute atomic E-state index is 0.0582. The lowest BCUT2D eigenvalue weighted by Crippen LogP contribution is -2.31. The largest absolute Gasteiger partial charge is 0.394 e. The standard InChI is InChI=1S/C28H34F3N3O4S/c1-3-34-22(13-18-5-8-21(9-6-18)28(29,30)31)15-20-14-19(7-12-26(20)34)27(36)33-25(17-35)24-11-10-23(16-32-24)39(37,38)4-2/h7,10-12,14-16,18,21,25,35H,3-6,8-9,13,17H2,1-2H3,(H,33,36)/t18?,21?,25-/m1/s1. The van der Waals surface area contributed by atoms with Gasteiger partial charge in [0.15, 0.2) is 9.84 Å². The summed E-state index contributed by atoms with van der Waals surface area (Å²) in [7, 11) is -3.42. The van der Waals surface area contributed by atoms with Crippen LogP contribution in [0.5, 0.6) is 0 Å². The molecule has 0 aliphatic heterocycles. The van der Waals surface area contributed by atoms with Crippen LogP contribution in [0.25, 0.3) is 10.9 Å². The van der Waals surface area contributed by atoms with Crippen molar-refractivity contribution in [1.82, 2.24) is 14.9 Å². The van der Waals surface area contributed by atoms with Crippen LogP contribution in [0.15, 0.2) is 47.5 Å².